The van der Waals surface area contributed by atoms with Crippen LogP contribution in [0.1, 0.15) is 76.1 Å². The SMILES string of the molecule is COC(=O)N[C@H](C(=O)N1CCC[C@H]1c1ncc(-c2ccc(-c3ccc(-c4c[nH]c([C@@H]5CCCN5C(=O)[C@@H](NC(=O)O)C5CC5)n4)c(F)c3)cc2F)[nH]1)C(C)C. The molecule has 16 heteroatoms. The summed E-state index contributed by atoms with van der Waals surface area (Å²) in [4.78, 5) is 68.9. The monoisotopic (exact) mass is 758 g/mol. The van der Waals surface area contributed by atoms with E-state index in [0.29, 0.717) is 60.1 Å². The number of rotatable bonds is 11. The van der Waals surface area contributed by atoms with Gasteiger partial charge in [0.1, 0.15) is 35.4 Å². The van der Waals surface area contributed by atoms with Crippen LogP contribution in [0, 0.1) is 23.5 Å². The molecule has 2 aromatic carbocycles. The number of H-pyrrole nitrogens is 2. The number of carbonyl (C=O) groups is 4. The summed E-state index contributed by atoms with van der Waals surface area (Å²) in [5, 5.41) is 14.3. The molecule has 14 nitrogen and oxygen atoms in total. The summed E-state index contributed by atoms with van der Waals surface area (Å²) in [7, 11) is 1.24. The number of alkyl carbamates (subject to hydrolysis) is 1. The van der Waals surface area contributed by atoms with Gasteiger partial charge in [0, 0.05) is 30.4 Å². The van der Waals surface area contributed by atoms with Crippen molar-refractivity contribution < 1.29 is 37.8 Å². The number of aromatic amines is 2. The van der Waals surface area contributed by atoms with E-state index in [1.54, 1.807) is 40.3 Å². The van der Waals surface area contributed by atoms with Crippen LogP contribution in [0.25, 0.3) is 33.6 Å². The lowest BCUT2D eigenvalue weighted by Gasteiger charge is -2.30. The number of nitrogens with zero attached hydrogens (tertiary/aromatic N) is 4. The molecule has 3 fully saturated rings. The lowest BCUT2D eigenvalue weighted by Crippen LogP contribution is -2.51. The molecule has 4 heterocycles. The lowest BCUT2D eigenvalue weighted by atomic mass is 10.00. The van der Waals surface area contributed by atoms with E-state index in [4.69, 9.17) is 4.74 Å². The Labute approximate surface area is 316 Å². The Kier molecular flexibility index (Phi) is 10.6. The first kappa shape index (κ1) is 37.5. The van der Waals surface area contributed by atoms with Gasteiger partial charge in [-0.05, 0) is 85.8 Å². The number of methoxy groups -OCH3 is 1. The molecule has 5 N–H and O–H groups in total. The second-order valence-electron chi connectivity index (χ2n) is 14.7. The Morgan fingerprint density at radius 3 is 2.07 bits per heavy atom. The summed E-state index contributed by atoms with van der Waals surface area (Å²) in [6.45, 7) is 4.64. The van der Waals surface area contributed by atoms with Crippen LogP contribution in [0.15, 0.2) is 48.8 Å². The van der Waals surface area contributed by atoms with Crippen molar-refractivity contribution in [1.82, 2.24) is 40.4 Å². The predicted octanol–water partition coefficient (Wildman–Crippen LogP) is 6.17. The summed E-state index contributed by atoms with van der Waals surface area (Å²) in [6.07, 6.45) is 5.52. The topological polar surface area (TPSA) is 186 Å². The molecule has 0 bridgehead atoms. The summed E-state index contributed by atoms with van der Waals surface area (Å²) in [5.74, 6) is -0.816. The van der Waals surface area contributed by atoms with E-state index < -0.39 is 35.9 Å². The summed E-state index contributed by atoms with van der Waals surface area (Å²) < 4.78 is 36.0. The molecule has 4 aromatic rings. The number of imidazole rings is 2. The van der Waals surface area contributed by atoms with Gasteiger partial charge in [-0.25, -0.2) is 28.3 Å². The molecule has 0 unspecified atom stereocenters. The Bertz CT molecular complexity index is 2100. The molecule has 7 rings (SSSR count). The molecule has 0 spiro atoms. The van der Waals surface area contributed by atoms with E-state index in [1.807, 2.05) is 13.8 Å². The number of ether oxygens (including phenoxy) is 1. The third-order valence-electron chi connectivity index (χ3n) is 10.8. The van der Waals surface area contributed by atoms with Crippen LogP contribution in [0.2, 0.25) is 0 Å². The molecule has 2 aromatic heterocycles. The molecule has 1 aliphatic carbocycles. The number of hydrogen-bond acceptors (Lipinski definition) is 7. The quantitative estimate of drug-likeness (QED) is 0.120. The van der Waals surface area contributed by atoms with Gasteiger partial charge in [-0.15, -0.1) is 0 Å². The maximum absolute atomic E-state index is 15.7. The molecule has 4 atom stereocenters. The van der Waals surface area contributed by atoms with Gasteiger partial charge in [0.05, 0.1) is 36.8 Å². The highest BCUT2D eigenvalue weighted by atomic mass is 19.1. The Morgan fingerprint density at radius 1 is 0.873 bits per heavy atom. The van der Waals surface area contributed by atoms with E-state index in [0.717, 1.165) is 25.7 Å². The zero-order chi connectivity index (χ0) is 39.0. The molecular formula is C39H44F2N8O6. The van der Waals surface area contributed by atoms with E-state index in [-0.39, 0.29) is 46.9 Å². The molecule has 290 valence electrons. The van der Waals surface area contributed by atoms with Crippen molar-refractivity contribution in [3.05, 3.63) is 72.1 Å². The molecule has 1 saturated carbocycles. The predicted molar refractivity (Wildman–Crippen MR) is 196 cm³/mol. The number of carboxylic acid groups (broad SMARTS) is 1. The third-order valence-corrected chi connectivity index (χ3v) is 10.8. The summed E-state index contributed by atoms with van der Waals surface area (Å²) in [5.41, 5.74) is 2.17. The van der Waals surface area contributed by atoms with Crippen molar-refractivity contribution in [2.75, 3.05) is 20.2 Å². The minimum absolute atomic E-state index is 0.0119. The van der Waals surface area contributed by atoms with Crippen LogP contribution in [0.5, 0.6) is 0 Å². The van der Waals surface area contributed by atoms with E-state index >= 15 is 8.78 Å². The molecular weight excluding hydrogens is 714 g/mol. The van der Waals surface area contributed by atoms with Crippen LogP contribution in [-0.4, -0.2) is 91.1 Å². The van der Waals surface area contributed by atoms with Gasteiger partial charge < -0.3 is 40.2 Å². The molecule has 2 saturated heterocycles. The fourth-order valence-corrected chi connectivity index (χ4v) is 7.73. The number of amides is 4. The van der Waals surface area contributed by atoms with E-state index in [2.05, 4.69) is 30.6 Å². The van der Waals surface area contributed by atoms with Gasteiger partial charge in [0.2, 0.25) is 11.8 Å². The number of halogens is 2. The molecule has 3 aliphatic rings. The highest BCUT2D eigenvalue weighted by molar-refractivity contribution is 5.87. The molecule has 2 aliphatic heterocycles. The Balaban J connectivity index is 1.04. The van der Waals surface area contributed by atoms with Gasteiger partial charge in [-0.1, -0.05) is 26.0 Å². The maximum atomic E-state index is 15.7. The second kappa shape index (κ2) is 15.5. The smallest absolute Gasteiger partial charge is 0.407 e. The molecule has 0 radical (unpaired) electrons. The third kappa shape index (κ3) is 7.75. The average molecular weight is 759 g/mol. The number of benzene rings is 2. The highest BCUT2D eigenvalue weighted by Gasteiger charge is 2.43. The van der Waals surface area contributed by atoms with Gasteiger partial charge >= 0.3 is 12.2 Å². The summed E-state index contributed by atoms with van der Waals surface area (Å²) >= 11 is 0. The number of hydrogen-bond donors (Lipinski definition) is 5. The minimum atomic E-state index is -1.23. The number of likely N-dealkylation sites (tertiary alicyclic amines) is 2. The van der Waals surface area contributed by atoms with Gasteiger partial charge in [0.15, 0.2) is 0 Å². The minimum Gasteiger partial charge on any atom is -0.465 e. The van der Waals surface area contributed by atoms with Crippen molar-refractivity contribution in [1.29, 1.82) is 0 Å². The summed E-state index contributed by atoms with van der Waals surface area (Å²) in [6, 6.07) is 6.85. The normalized spacial score (nSPS) is 19.4. The van der Waals surface area contributed by atoms with Crippen molar-refractivity contribution >= 4 is 24.0 Å². The number of carbonyl (C=O) groups excluding carboxylic acids is 3. The van der Waals surface area contributed by atoms with E-state index in [9.17, 15) is 24.3 Å². The van der Waals surface area contributed by atoms with Gasteiger partial charge in [-0.2, -0.15) is 0 Å². The van der Waals surface area contributed by atoms with Crippen LogP contribution in [0.3, 0.4) is 0 Å². The fourth-order valence-electron chi connectivity index (χ4n) is 7.73. The van der Waals surface area contributed by atoms with Crippen LogP contribution >= 0.6 is 0 Å². The first-order valence-corrected chi connectivity index (χ1v) is 18.6. The zero-order valence-electron chi connectivity index (χ0n) is 30.8. The number of nitrogens with one attached hydrogen (secondary N) is 4. The standard InChI is InChI=1S/C39H44F2N8O6/c1-20(2)32(47-39(54)55-3)36(50)48-14-4-6-30(48)34-42-18-28(44-34)24-12-10-22(16-26(24)40)23-11-13-25(27(41)17-23)29-19-43-35(45-29)31-7-5-15-49(31)37(51)33(21-8-9-21)46-38(52)53/h10-13,16-21,30-33,46H,4-9,14-15H2,1-3H3,(H,42,44)(H,43,45)(H,47,54)(H,52,53)/t30-,31-,32-,33-/m0/s1. The molecule has 55 heavy (non-hydrogen) atoms. The van der Waals surface area contributed by atoms with Crippen molar-refractivity contribution in [3.63, 3.8) is 0 Å². The lowest BCUT2D eigenvalue weighted by molar-refractivity contribution is -0.136. The van der Waals surface area contributed by atoms with Crippen LogP contribution in [0.4, 0.5) is 18.4 Å². The van der Waals surface area contributed by atoms with Crippen molar-refractivity contribution in [2.24, 2.45) is 11.8 Å². The van der Waals surface area contributed by atoms with Crippen LogP contribution < -0.4 is 10.6 Å². The maximum Gasteiger partial charge on any atom is 0.407 e. The van der Waals surface area contributed by atoms with Crippen molar-refractivity contribution in [2.45, 2.75) is 76.5 Å². The zero-order valence-corrected chi connectivity index (χ0v) is 30.8. The van der Waals surface area contributed by atoms with Crippen LogP contribution in [-0.2, 0) is 14.3 Å². The average Bonchev–Trinajstić information content (AvgIpc) is 3.62. The number of aromatic nitrogens is 4. The Morgan fingerprint density at radius 2 is 1.49 bits per heavy atom. The first-order valence-electron chi connectivity index (χ1n) is 18.6. The highest BCUT2D eigenvalue weighted by Crippen LogP contribution is 2.39. The second-order valence-corrected chi connectivity index (χ2v) is 14.7. The first-order chi connectivity index (χ1) is 26.4. The van der Waals surface area contributed by atoms with Gasteiger partial charge in [-0.3, -0.25) is 9.59 Å². The van der Waals surface area contributed by atoms with Crippen molar-refractivity contribution in [3.8, 4) is 33.6 Å². The van der Waals surface area contributed by atoms with Gasteiger partial charge in [0.25, 0.3) is 0 Å². The largest absolute Gasteiger partial charge is 0.465 e. The Hall–Kier alpha value is -5.80. The fraction of sp³-hybridized carbons (Fsp3) is 0.436. The van der Waals surface area contributed by atoms with E-state index in [1.165, 1.54) is 25.4 Å². The molecule has 4 amide bonds.